The molecule has 4 heteroatoms. The van der Waals surface area contributed by atoms with E-state index in [4.69, 9.17) is 16.3 Å². The van der Waals surface area contributed by atoms with Gasteiger partial charge in [-0.25, -0.2) is 0 Å². The summed E-state index contributed by atoms with van der Waals surface area (Å²) >= 11 is 7.65. The van der Waals surface area contributed by atoms with Gasteiger partial charge in [-0.1, -0.05) is 30.7 Å². The van der Waals surface area contributed by atoms with Gasteiger partial charge >= 0.3 is 0 Å². The average molecular weight is 296 g/mol. The molecule has 0 saturated heterocycles. The van der Waals surface area contributed by atoms with Gasteiger partial charge in [0.05, 0.1) is 17.0 Å². The van der Waals surface area contributed by atoms with Crippen molar-refractivity contribution in [1.29, 1.82) is 0 Å². The Balaban J connectivity index is 2.23. The van der Waals surface area contributed by atoms with E-state index in [2.05, 4.69) is 30.4 Å². The zero-order valence-electron chi connectivity index (χ0n) is 11.2. The summed E-state index contributed by atoms with van der Waals surface area (Å²) < 4.78 is 6.29. The van der Waals surface area contributed by atoms with Crippen LogP contribution in [0, 0.1) is 0 Å². The molecule has 1 unspecified atom stereocenters. The summed E-state index contributed by atoms with van der Waals surface area (Å²) in [6.45, 7) is 5.70. The Morgan fingerprint density at radius 1 is 1.16 bits per heavy atom. The zero-order valence-corrected chi connectivity index (χ0v) is 12.7. The number of rotatable bonds is 6. The number of hydrogen-bond acceptors (Lipinski definition) is 3. The van der Waals surface area contributed by atoms with E-state index in [1.807, 2.05) is 25.1 Å². The first kappa shape index (κ1) is 14.4. The molecule has 2 rings (SSSR count). The molecule has 102 valence electrons. The molecule has 19 heavy (non-hydrogen) atoms. The maximum absolute atomic E-state index is 6.03. The highest BCUT2D eigenvalue weighted by Gasteiger charge is 2.15. The average Bonchev–Trinajstić information content (AvgIpc) is 2.84. The first-order valence-electron chi connectivity index (χ1n) is 6.46. The fourth-order valence-electron chi connectivity index (χ4n) is 1.99. The van der Waals surface area contributed by atoms with Crippen molar-refractivity contribution in [3.05, 3.63) is 51.2 Å². The van der Waals surface area contributed by atoms with E-state index in [0.717, 1.165) is 16.6 Å². The molecule has 2 nitrogen and oxygen atoms in total. The van der Waals surface area contributed by atoms with Crippen molar-refractivity contribution in [2.45, 2.75) is 19.9 Å². The van der Waals surface area contributed by atoms with Crippen molar-refractivity contribution in [3.63, 3.8) is 0 Å². The molecule has 1 atom stereocenters. The van der Waals surface area contributed by atoms with Gasteiger partial charge in [-0.15, -0.1) is 11.3 Å². The maximum Gasteiger partial charge on any atom is 0.119 e. The van der Waals surface area contributed by atoms with Crippen LogP contribution in [0.3, 0.4) is 0 Å². The largest absolute Gasteiger partial charge is 0.494 e. The Bertz CT molecular complexity index is 509. The number of benzene rings is 1. The topological polar surface area (TPSA) is 21.3 Å². The summed E-state index contributed by atoms with van der Waals surface area (Å²) in [6, 6.07) is 12.4. The number of hydrogen-bond donors (Lipinski definition) is 1. The highest BCUT2D eigenvalue weighted by molar-refractivity contribution is 7.16. The van der Waals surface area contributed by atoms with E-state index in [-0.39, 0.29) is 6.04 Å². The van der Waals surface area contributed by atoms with Crippen LogP contribution in [0.4, 0.5) is 0 Å². The summed E-state index contributed by atoms with van der Waals surface area (Å²) in [7, 11) is 0. The predicted molar refractivity (Wildman–Crippen MR) is 82.5 cm³/mol. The SMILES string of the molecule is CCNC(c1ccc(OCC)cc1)c1ccc(Cl)s1. The highest BCUT2D eigenvalue weighted by Crippen LogP contribution is 2.31. The molecule has 1 aromatic heterocycles. The third-order valence-corrected chi connectivity index (χ3v) is 4.11. The molecule has 0 aliphatic rings. The Hall–Kier alpha value is -1.03. The van der Waals surface area contributed by atoms with Gasteiger partial charge in [0.15, 0.2) is 0 Å². The number of halogens is 1. The molecule has 0 aliphatic carbocycles. The Labute approximate surface area is 123 Å². The van der Waals surface area contributed by atoms with Crippen molar-refractivity contribution >= 4 is 22.9 Å². The van der Waals surface area contributed by atoms with Crippen molar-refractivity contribution in [2.24, 2.45) is 0 Å². The minimum Gasteiger partial charge on any atom is -0.494 e. The lowest BCUT2D eigenvalue weighted by molar-refractivity contribution is 0.340. The second-order valence-electron chi connectivity index (χ2n) is 4.13. The normalized spacial score (nSPS) is 12.4. The van der Waals surface area contributed by atoms with Gasteiger partial charge in [0.1, 0.15) is 5.75 Å². The molecular formula is C15H18ClNOS. The minimum atomic E-state index is 0.193. The monoisotopic (exact) mass is 295 g/mol. The third kappa shape index (κ3) is 3.72. The molecule has 1 heterocycles. The van der Waals surface area contributed by atoms with Crippen molar-refractivity contribution in [2.75, 3.05) is 13.2 Å². The maximum atomic E-state index is 6.03. The minimum absolute atomic E-state index is 0.193. The smallest absolute Gasteiger partial charge is 0.119 e. The van der Waals surface area contributed by atoms with E-state index in [0.29, 0.717) is 6.61 Å². The highest BCUT2D eigenvalue weighted by atomic mass is 35.5. The molecule has 2 aromatic rings. The molecular weight excluding hydrogens is 278 g/mol. The van der Waals surface area contributed by atoms with Gasteiger partial charge in [-0.3, -0.25) is 0 Å². The lowest BCUT2D eigenvalue weighted by atomic mass is 10.1. The number of thiophene rings is 1. The van der Waals surface area contributed by atoms with Gasteiger partial charge < -0.3 is 10.1 Å². The fraction of sp³-hybridized carbons (Fsp3) is 0.333. The quantitative estimate of drug-likeness (QED) is 0.847. The molecule has 1 aromatic carbocycles. The van der Waals surface area contributed by atoms with E-state index < -0.39 is 0 Å². The fourth-order valence-corrected chi connectivity index (χ4v) is 3.16. The molecule has 0 saturated carbocycles. The summed E-state index contributed by atoms with van der Waals surface area (Å²) in [5, 5.41) is 3.49. The van der Waals surface area contributed by atoms with Crippen LogP contribution >= 0.6 is 22.9 Å². The lowest BCUT2D eigenvalue weighted by Gasteiger charge is -2.17. The van der Waals surface area contributed by atoms with Crippen molar-refractivity contribution in [3.8, 4) is 5.75 Å². The van der Waals surface area contributed by atoms with E-state index in [1.165, 1.54) is 10.4 Å². The van der Waals surface area contributed by atoms with E-state index in [1.54, 1.807) is 11.3 Å². The van der Waals surface area contributed by atoms with Crippen LogP contribution in [-0.4, -0.2) is 13.2 Å². The van der Waals surface area contributed by atoms with Crippen LogP contribution < -0.4 is 10.1 Å². The molecule has 0 aliphatic heterocycles. The second-order valence-corrected chi connectivity index (χ2v) is 5.88. The Morgan fingerprint density at radius 2 is 1.89 bits per heavy atom. The van der Waals surface area contributed by atoms with Crippen LogP contribution in [-0.2, 0) is 0 Å². The van der Waals surface area contributed by atoms with E-state index >= 15 is 0 Å². The third-order valence-electron chi connectivity index (χ3n) is 2.81. The van der Waals surface area contributed by atoms with Crippen LogP contribution in [0.2, 0.25) is 4.34 Å². The lowest BCUT2D eigenvalue weighted by Crippen LogP contribution is -2.20. The summed E-state index contributed by atoms with van der Waals surface area (Å²) in [5.74, 6) is 0.908. The van der Waals surface area contributed by atoms with Crippen LogP contribution in [0.25, 0.3) is 0 Å². The molecule has 0 radical (unpaired) electrons. The first-order chi connectivity index (χ1) is 9.24. The number of ether oxygens (including phenoxy) is 1. The standard InChI is InChI=1S/C15H18ClNOS/c1-3-17-15(13-9-10-14(16)19-13)11-5-7-12(8-6-11)18-4-2/h5-10,15,17H,3-4H2,1-2H3. The van der Waals surface area contributed by atoms with Gasteiger partial charge in [-0.2, -0.15) is 0 Å². The number of nitrogens with one attached hydrogen (secondary N) is 1. The summed E-state index contributed by atoms with van der Waals surface area (Å²) in [6.07, 6.45) is 0. The molecule has 0 amide bonds. The van der Waals surface area contributed by atoms with Crippen molar-refractivity contribution < 1.29 is 4.74 Å². The van der Waals surface area contributed by atoms with Gasteiger partial charge in [0.25, 0.3) is 0 Å². The van der Waals surface area contributed by atoms with E-state index in [9.17, 15) is 0 Å². The Kier molecular flexibility index (Phi) is 5.25. The second kappa shape index (κ2) is 6.94. The summed E-state index contributed by atoms with van der Waals surface area (Å²) in [5.41, 5.74) is 1.23. The predicted octanol–water partition coefficient (Wildman–Crippen LogP) is 4.50. The molecule has 0 spiro atoms. The van der Waals surface area contributed by atoms with Gasteiger partial charge in [0, 0.05) is 4.88 Å². The molecule has 0 bridgehead atoms. The summed E-state index contributed by atoms with van der Waals surface area (Å²) in [4.78, 5) is 1.23. The van der Waals surface area contributed by atoms with Gasteiger partial charge in [0.2, 0.25) is 0 Å². The van der Waals surface area contributed by atoms with Crippen LogP contribution in [0.5, 0.6) is 5.75 Å². The molecule has 0 fully saturated rings. The van der Waals surface area contributed by atoms with Crippen LogP contribution in [0.1, 0.15) is 30.3 Å². The van der Waals surface area contributed by atoms with Gasteiger partial charge in [-0.05, 0) is 43.3 Å². The first-order valence-corrected chi connectivity index (χ1v) is 7.65. The van der Waals surface area contributed by atoms with Crippen LogP contribution in [0.15, 0.2) is 36.4 Å². The molecule has 1 N–H and O–H groups in total. The van der Waals surface area contributed by atoms with Crippen molar-refractivity contribution in [1.82, 2.24) is 5.32 Å². The Morgan fingerprint density at radius 3 is 2.42 bits per heavy atom. The zero-order chi connectivity index (χ0) is 13.7.